The van der Waals surface area contributed by atoms with Gasteiger partial charge in [-0.1, -0.05) is 26.7 Å². The maximum Gasteiger partial charge on any atom is 0.401 e. The van der Waals surface area contributed by atoms with Crippen molar-refractivity contribution in [1.29, 1.82) is 0 Å². The van der Waals surface area contributed by atoms with Crippen molar-refractivity contribution >= 4 is 0 Å². The second kappa shape index (κ2) is 6.75. The van der Waals surface area contributed by atoms with Gasteiger partial charge >= 0.3 is 6.18 Å². The molecule has 0 aromatic heterocycles. The number of halogens is 3. The Hall–Kier alpha value is -0.290. The highest BCUT2D eigenvalue weighted by molar-refractivity contribution is 4.89. The van der Waals surface area contributed by atoms with Gasteiger partial charge < -0.3 is 5.32 Å². The number of rotatable bonds is 7. The molecule has 0 atom stereocenters. The number of hydrogen-bond acceptors (Lipinski definition) is 2. The molecule has 0 aromatic carbocycles. The molecule has 1 aliphatic rings. The molecule has 1 rings (SSSR count). The first-order valence-corrected chi connectivity index (χ1v) is 6.90. The Morgan fingerprint density at radius 3 is 2.22 bits per heavy atom. The summed E-state index contributed by atoms with van der Waals surface area (Å²) >= 11 is 0. The highest BCUT2D eigenvalue weighted by Crippen LogP contribution is 2.38. The molecular weight excluding hydrogens is 241 g/mol. The van der Waals surface area contributed by atoms with Crippen LogP contribution in [0.15, 0.2) is 0 Å². The summed E-state index contributed by atoms with van der Waals surface area (Å²) in [6.07, 6.45) is 0.306. The third-order valence-corrected chi connectivity index (χ3v) is 3.82. The van der Waals surface area contributed by atoms with Crippen LogP contribution >= 0.6 is 0 Å². The molecule has 1 aliphatic carbocycles. The molecule has 0 unspecified atom stereocenters. The standard InChI is InChI=1S/C13H25F3N2/c1-3-17-9-12(7-5-6-8-12)10-18(4-2)11-13(14,15)16/h17H,3-11H2,1-2H3. The Morgan fingerprint density at radius 2 is 1.78 bits per heavy atom. The fraction of sp³-hybridized carbons (Fsp3) is 1.00. The van der Waals surface area contributed by atoms with E-state index >= 15 is 0 Å². The summed E-state index contributed by atoms with van der Waals surface area (Å²) in [5, 5.41) is 3.32. The quantitative estimate of drug-likeness (QED) is 0.762. The van der Waals surface area contributed by atoms with Gasteiger partial charge in [0.05, 0.1) is 6.54 Å². The smallest absolute Gasteiger partial charge is 0.316 e. The minimum absolute atomic E-state index is 0.0528. The van der Waals surface area contributed by atoms with Gasteiger partial charge in [0.2, 0.25) is 0 Å². The van der Waals surface area contributed by atoms with E-state index in [4.69, 9.17) is 0 Å². The second-order valence-corrected chi connectivity index (χ2v) is 5.41. The third-order valence-electron chi connectivity index (χ3n) is 3.82. The van der Waals surface area contributed by atoms with E-state index in [1.165, 1.54) is 0 Å². The minimum atomic E-state index is -4.09. The van der Waals surface area contributed by atoms with Gasteiger partial charge in [-0.2, -0.15) is 13.2 Å². The van der Waals surface area contributed by atoms with Crippen LogP contribution in [0, 0.1) is 5.41 Å². The van der Waals surface area contributed by atoms with Gasteiger partial charge in [-0.3, -0.25) is 4.90 Å². The molecular formula is C13H25F3N2. The summed E-state index contributed by atoms with van der Waals surface area (Å²) in [5.74, 6) is 0. The van der Waals surface area contributed by atoms with Crippen LogP contribution in [0.5, 0.6) is 0 Å². The lowest BCUT2D eigenvalue weighted by Gasteiger charge is -2.35. The molecule has 1 saturated carbocycles. The summed E-state index contributed by atoms with van der Waals surface area (Å²) in [6, 6.07) is 0. The van der Waals surface area contributed by atoms with Gasteiger partial charge in [-0.05, 0) is 31.3 Å². The summed E-state index contributed by atoms with van der Waals surface area (Å²) < 4.78 is 37.5. The van der Waals surface area contributed by atoms with Gasteiger partial charge in [0, 0.05) is 13.1 Å². The number of hydrogen-bond donors (Lipinski definition) is 1. The van der Waals surface area contributed by atoms with E-state index in [0.29, 0.717) is 13.1 Å². The van der Waals surface area contributed by atoms with Crippen molar-refractivity contribution < 1.29 is 13.2 Å². The second-order valence-electron chi connectivity index (χ2n) is 5.41. The Balaban J connectivity index is 2.57. The molecule has 0 amide bonds. The van der Waals surface area contributed by atoms with Crippen LogP contribution in [0.4, 0.5) is 13.2 Å². The lowest BCUT2D eigenvalue weighted by atomic mass is 9.85. The first kappa shape index (κ1) is 15.8. The van der Waals surface area contributed by atoms with E-state index in [9.17, 15) is 13.2 Å². The largest absolute Gasteiger partial charge is 0.401 e. The highest BCUT2D eigenvalue weighted by Gasteiger charge is 2.38. The van der Waals surface area contributed by atoms with Gasteiger partial charge in [0.25, 0.3) is 0 Å². The molecule has 18 heavy (non-hydrogen) atoms. The van der Waals surface area contributed by atoms with E-state index in [1.807, 2.05) is 13.8 Å². The number of alkyl halides is 3. The van der Waals surface area contributed by atoms with E-state index in [0.717, 1.165) is 38.8 Å². The van der Waals surface area contributed by atoms with Gasteiger partial charge in [0.15, 0.2) is 0 Å². The van der Waals surface area contributed by atoms with E-state index in [1.54, 1.807) is 4.90 Å². The van der Waals surface area contributed by atoms with Crippen molar-refractivity contribution in [1.82, 2.24) is 10.2 Å². The molecule has 2 nitrogen and oxygen atoms in total. The van der Waals surface area contributed by atoms with Crippen molar-refractivity contribution in [3.05, 3.63) is 0 Å². The minimum Gasteiger partial charge on any atom is -0.316 e. The van der Waals surface area contributed by atoms with Gasteiger partial charge in [0.1, 0.15) is 0 Å². The van der Waals surface area contributed by atoms with Crippen molar-refractivity contribution in [3.63, 3.8) is 0 Å². The van der Waals surface area contributed by atoms with E-state index < -0.39 is 12.7 Å². The average Bonchev–Trinajstić information content (AvgIpc) is 2.73. The lowest BCUT2D eigenvalue weighted by molar-refractivity contribution is -0.148. The number of nitrogens with one attached hydrogen (secondary N) is 1. The topological polar surface area (TPSA) is 15.3 Å². The Morgan fingerprint density at radius 1 is 1.17 bits per heavy atom. The van der Waals surface area contributed by atoms with Crippen molar-refractivity contribution in [2.75, 3.05) is 32.7 Å². The highest BCUT2D eigenvalue weighted by atomic mass is 19.4. The van der Waals surface area contributed by atoms with E-state index in [-0.39, 0.29) is 5.41 Å². The zero-order valence-electron chi connectivity index (χ0n) is 11.4. The van der Waals surface area contributed by atoms with Gasteiger partial charge in [-0.25, -0.2) is 0 Å². The monoisotopic (exact) mass is 266 g/mol. The normalized spacial score (nSPS) is 19.7. The maximum absolute atomic E-state index is 12.5. The van der Waals surface area contributed by atoms with Crippen LogP contribution in [-0.2, 0) is 0 Å². The molecule has 0 heterocycles. The summed E-state index contributed by atoms with van der Waals surface area (Å²) in [6.45, 7) is 5.82. The van der Waals surface area contributed by atoms with Crippen molar-refractivity contribution in [2.45, 2.75) is 45.7 Å². The molecule has 0 radical (unpaired) electrons. The molecule has 1 N–H and O–H groups in total. The summed E-state index contributed by atoms with van der Waals surface area (Å²) in [5.41, 5.74) is 0.0528. The molecule has 0 aromatic rings. The molecule has 108 valence electrons. The Labute approximate surface area is 108 Å². The predicted molar refractivity (Wildman–Crippen MR) is 67.6 cm³/mol. The molecule has 0 bridgehead atoms. The third kappa shape index (κ3) is 5.14. The van der Waals surface area contributed by atoms with Crippen LogP contribution in [0.1, 0.15) is 39.5 Å². The summed E-state index contributed by atoms with van der Waals surface area (Å²) in [7, 11) is 0. The van der Waals surface area contributed by atoms with Crippen LogP contribution < -0.4 is 5.32 Å². The van der Waals surface area contributed by atoms with Crippen molar-refractivity contribution in [3.8, 4) is 0 Å². The Bertz CT molecular complexity index is 235. The molecule has 0 spiro atoms. The zero-order chi connectivity index (χ0) is 13.6. The fourth-order valence-corrected chi connectivity index (χ4v) is 2.91. The molecule has 0 saturated heterocycles. The molecule has 5 heteroatoms. The lowest BCUT2D eigenvalue weighted by Crippen LogP contribution is -2.45. The molecule has 0 aliphatic heterocycles. The predicted octanol–water partition coefficient (Wildman–Crippen LogP) is 3.04. The van der Waals surface area contributed by atoms with Crippen molar-refractivity contribution in [2.24, 2.45) is 5.41 Å². The van der Waals surface area contributed by atoms with Crippen LogP contribution in [0.25, 0.3) is 0 Å². The summed E-state index contributed by atoms with van der Waals surface area (Å²) in [4.78, 5) is 1.54. The number of nitrogens with zero attached hydrogens (tertiary/aromatic N) is 1. The first-order chi connectivity index (χ1) is 8.41. The zero-order valence-corrected chi connectivity index (χ0v) is 11.4. The van der Waals surface area contributed by atoms with Gasteiger partial charge in [-0.15, -0.1) is 0 Å². The SMILES string of the molecule is CCNCC1(CN(CC)CC(F)(F)F)CCCC1. The first-order valence-electron chi connectivity index (χ1n) is 6.90. The molecule has 1 fully saturated rings. The average molecular weight is 266 g/mol. The maximum atomic E-state index is 12.5. The van der Waals surface area contributed by atoms with E-state index in [2.05, 4.69) is 5.32 Å². The van der Waals surface area contributed by atoms with Crippen LogP contribution in [0.2, 0.25) is 0 Å². The Kier molecular flexibility index (Phi) is 5.92. The van der Waals surface area contributed by atoms with Crippen LogP contribution in [0.3, 0.4) is 0 Å². The van der Waals surface area contributed by atoms with Crippen LogP contribution in [-0.4, -0.2) is 43.8 Å². The fourth-order valence-electron chi connectivity index (χ4n) is 2.91.